The number of amides is 1. The predicted octanol–water partition coefficient (Wildman–Crippen LogP) is 3.35. The van der Waals surface area contributed by atoms with Crippen LogP contribution in [0.3, 0.4) is 0 Å². The number of ether oxygens (including phenoxy) is 1. The van der Waals surface area contributed by atoms with Crippen LogP contribution in [-0.2, 0) is 12.7 Å². The Morgan fingerprint density at radius 3 is 2.62 bits per heavy atom. The molecule has 1 aromatic heterocycles. The highest BCUT2D eigenvalue weighted by Crippen LogP contribution is 2.31. The molecule has 0 bridgehead atoms. The highest BCUT2D eigenvalue weighted by atomic mass is 19.4. The summed E-state index contributed by atoms with van der Waals surface area (Å²) in [6.45, 7) is 3.32. The van der Waals surface area contributed by atoms with E-state index >= 15 is 0 Å². The van der Waals surface area contributed by atoms with Gasteiger partial charge in [0.15, 0.2) is 5.69 Å². The van der Waals surface area contributed by atoms with Crippen LogP contribution < -0.4 is 9.64 Å². The first-order valence-electron chi connectivity index (χ1n) is 7.60. The van der Waals surface area contributed by atoms with Crippen molar-refractivity contribution < 1.29 is 22.7 Å². The van der Waals surface area contributed by atoms with Gasteiger partial charge in [0, 0.05) is 31.3 Å². The van der Waals surface area contributed by atoms with Crippen molar-refractivity contribution in [2.45, 2.75) is 26.1 Å². The van der Waals surface area contributed by atoms with Gasteiger partial charge in [0.2, 0.25) is 5.88 Å². The Bertz CT molecular complexity index is 715. The normalized spacial score (nSPS) is 14.0. The highest BCUT2D eigenvalue weighted by molar-refractivity contribution is 6.04. The van der Waals surface area contributed by atoms with Gasteiger partial charge >= 0.3 is 6.18 Å². The Morgan fingerprint density at radius 1 is 1.33 bits per heavy atom. The molecule has 0 fully saturated rings. The lowest BCUT2D eigenvalue weighted by Crippen LogP contribution is -2.31. The molecule has 0 radical (unpaired) electrons. The van der Waals surface area contributed by atoms with Gasteiger partial charge in [-0.1, -0.05) is 0 Å². The van der Waals surface area contributed by atoms with E-state index in [9.17, 15) is 18.0 Å². The average molecular weight is 339 g/mol. The van der Waals surface area contributed by atoms with Gasteiger partial charge in [0.1, 0.15) is 0 Å². The minimum Gasteiger partial charge on any atom is -0.478 e. The van der Waals surface area contributed by atoms with Gasteiger partial charge in [-0.05, 0) is 31.2 Å². The third-order valence-corrected chi connectivity index (χ3v) is 3.79. The Hall–Kier alpha value is -2.51. The van der Waals surface area contributed by atoms with E-state index in [4.69, 9.17) is 4.74 Å². The number of alkyl halides is 3. The van der Waals surface area contributed by atoms with Crippen molar-refractivity contribution in [2.24, 2.45) is 0 Å². The van der Waals surface area contributed by atoms with Crippen molar-refractivity contribution in [1.82, 2.24) is 9.78 Å². The second-order valence-corrected chi connectivity index (χ2v) is 5.39. The van der Waals surface area contributed by atoms with E-state index in [-0.39, 0.29) is 11.6 Å². The van der Waals surface area contributed by atoms with E-state index < -0.39 is 11.7 Å². The van der Waals surface area contributed by atoms with Crippen molar-refractivity contribution in [3.63, 3.8) is 0 Å². The summed E-state index contributed by atoms with van der Waals surface area (Å²) in [6.07, 6.45) is -3.58. The first kappa shape index (κ1) is 16.4. The summed E-state index contributed by atoms with van der Waals surface area (Å²) in [4.78, 5) is 14.0. The fourth-order valence-electron chi connectivity index (χ4n) is 2.58. The smallest absolute Gasteiger partial charge is 0.416 e. The number of halogens is 3. The molecule has 128 valence electrons. The summed E-state index contributed by atoms with van der Waals surface area (Å²) in [6, 6.07) is 6.07. The maximum absolute atomic E-state index is 12.6. The number of benzene rings is 1. The largest absolute Gasteiger partial charge is 0.478 e. The molecule has 0 aliphatic carbocycles. The highest BCUT2D eigenvalue weighted by Gasteiger charge is 2.30. The molecule has 2 aromatic rings. The summed E-state index contributed by atoms with van der Waals surface area (Å²) in [5.74, 6) is 0.163. The molecule has 2 heterocycles. The Labute approximate surface area is 136 Å². The van der Waals surface area contributed by atoms with Crippen LogP contribution >= 0.6 is 0 Å². The van der Waals surface area contributed by atoms with Crippen molar-refractivity contribution in [1.29, 1.82) is 0 Å². The molecule has 1 aromatic carbocycles. The molecule has 24 heavy (non-hydrogen) atoms. The standard InChI is InChI=1S/C16H16F3N3O2/c1-2-21(12-6-4-11(5-7-12)16(17,18)19)15(23)13-10-14-22(20-13)8-3-9-24-14/h4-7,10H,2-3,8-9H2,1H3. The van der Waals surface area contributed by atoms with E-state index in [1.807, 2.05) is 0 Å². The topological polar surface area (TPSA) is 47.4 Å². The number of hydrogen-bond donors (Lipinski definition) is 0. The summed E-state index contributed by atoms with van der Waals surface area (Å²) in [5, 5.41) is 4.22. The number of carbonyl (C=O) groups excluding carboxylic acids is 1. The van der Waals surface area contributed by atoms with Gasteiger partial charge in [0.05, 0.1) is 12.2 Å². The van der Waals surface area contributed by atoms with Crippen LogP contribution in [0.1, 0.15) is 29.4 Å². The molecule has 0 atom stereocenters. The van der Waals surface area contributed by atoms with E-state index in [2.05, 4.69) is 5.10 Å². The van der Waals surface area contributed by atoms with Crippen LogP contribution in [0.5, 0.6) is 5.88 Å². The van der Waals surface area contributed by atoms with Crippen LogP contribution in [0.25, 0.3) is 0 Å². The molecule has 3 rings (SSSR count). The Balaban J connectivity index is 1.85. The molecule has 1 aliphatic rings. The second kappa shape index (κ2) is 6.18. The predicted molar refractivity (Wildman–Crippen MR) is 81.1 cm³/mol. The van der Waals surface area contributed by atoms with E-state index in [0.717, 1.165) is 18.6 Å². The number of rotatable bonds is 3. The molecule has 8 heteroatoms. The molecule has 0 saturated carbocycles. The van der Waals surface area contributed by atoms with Crippen LogP contribution in [0.2, 0.25) is 0 Å². The zero-order chi connectivity index (χ0) is 17.3. The van der Waals surface area contributed by atoms with Crippen LogP contribution in [0, 0.1) is 0 Å². The number of aromatic nitrogens is 2. The SMILES string of the molecule is CCN(C(=O)c1cc2n(n1)CCCO2)c1ccc(C(F)(F)F)cc1. The first-order chi connectivity index (χ1) is 11.4. The monoisotopic (exact) mass is 339 g/mol. The molecule has 1 aliphatic heterocycles. The molecule has 0 unspecified atom stereocenters. The summed E-state index contributed by atoms with van der Waals surface area (Å²) >= 11 is 0. The summed E-state index contributed by atoms with van der Waals surface area (Å²) in [5.41, 5.74) is -0.142. The van der Waals surface area contributed by atoms with Crippen LogP contribution in [0.15, 0.2) is 30.3 Å². The Morgan fingerprint density at radius 2 is 2.04 bits per heavy atom. The molecular formula is C16H16F3N3O2. The van der Waals surface area contributed by atoms with Gasteiger partial charge in [-0.25, -0.2) is 4.68 Å². The number of anilines is 1. The fraction of sp³-hybridized carbons (Fsp3) is 0.375. The quantitative estimate of drug-likeness (QED) is 0.862. The third kappa shape index (κ3) is 3.08. The summed E-state index contributed by atoms with van der Waals surface area (Å²) < 4.78 is 45.0. The van der Waals surface area contributed by atoms with Gasteiger partial charge < -0.3 is 9.64 Å². The molecule has 5 nitrogen and oxygen atoms in total. The van der Waals surface area contributed by atoms with Gasteiger partial charge in [-0.15, -0.1) is 0 Å². The van der Waals surface area contributed by atoms with Crippen molar-refractivity contribution in [2.75, 3.05) is 18.1 Å². The maximum Gasteiger partial charge on any atom is 0.416 e. The number of aryl methyl sites for hydroxylation is 1. The van der Waals surface area contributed by atoms with E-state index in [1.165, 1.54) is 17.0 Å². The zero-order valence-corrected chi connectivity index (χ0v) is 13.0. The maximum atomic E-state index is 12.6. The minimum atomic E-state index is -4.40. The molecule has 0 spiro atoms. The lowest BCUT2D eigenvalue weighted by molar-refractivity contribution is -0.137. The van der Waals surface area contributed by atoms with Crippen molar-refractivity contribution in [3.8, 4) is 5.88 Å². The molecule has 0 N–H and O–H groups in total. The first-order valence-corrected chi connectivity index (χ1v) is 7.60. The number of hydrogen-bond acceptors (Lipinski definition) is 3. The van der Waals surface area contributed by atoms with Gasteiger partial charge in [-0.3, -0.25) is 4.79 Å². The summed E-state index contributed by atoms with van der Waals surface area (Å²) in [7, 11) is 0. The fourth-order valence-corrected chi connectivity index (χ4v) is 2.58. The van der Waals surface area contributed by atoms with E-state index in [1.54, 1.807) is 17.7 Å². The van der Waals surface area contributed by atoms with E-state index in [0.29, 0.717) is 31.3 Å². The molecule has 1 amide bonds. The Kier molecular flexibility index (Phi) is 4.21. The molecule has 0 saturated heterocycles. The third-order valence-electron chi connectivity index (χ3n) is 3.79. The van der Waals surface area contributed by atoms with Gasteiger partial charge in [-0.2, -0.15) is 18.3 Å². The number of fused-ring (bicyclic) bond motifs is 1. The van der Waals surface area contributed by atoms with Gasteiger partial charge in [0.25, 0.3) is 5.91 Å². The van der Waals surface area contributed by atoms with Crippen LogP contribution in [0.4, 0.5) is 18.9 Å². The lowest BCUT2D eigenvalue weighted by Gasteiger charge is -2.20. The average Bonchev–Trinajstić information content (AvgIpc) is 2.99. The van der Waals surface area contributed by atoms with Crippen molar-refractivity contribution >= 4 is 11.6 Å². The van der Waals surface area contributed by atoms with Crippen molar-refractivity contribution in [3.05, 3.63) is 41.6 Å². The number of carbonyl (C=O) groups is 1. The van der Waals surface area contributed by atoms with Crippen LogP contribution in [-0.4, -0.2) is 28.8 Å². The lowest BCUT2D eigenvalue weighted by atomic mass is 10.2. The number of nitrogens with zero attached hydrogens (tertiary/aromatic N) is 3. The zero-order valence-electron chi connectivity index (χ0n) is 13.0. The minimum absolute atomic E-state index is 0.216. The molecular weight excluding hydrogens is 323 g/mol. The second-order valence-electron chi connectivity index (χ2n) is 5.39.